The number of ether oxygens (including phenoxy) is 1. The molecule has 0 fully saturated rings. The minimum absolute atomic E-state index is 0.127. The van der Waals surface area contributed by atoms with Gasteiger partial charge in [-0.15, -0.1) is 0 Å². The summed E-state index contributed by atoms with van der Waals surface area (Å²) in [5.74, 6) is 0.654. The van der Waals surface area contributed by atoms with Gasteiger partial charge in [0.2, 0.25) is 0 Å². The lowest BCUT2D eigenvalue weighted by molar-refractivity contribution is 0.299. The van der Waals surface area contributed by atoms with E-state index in [0.717, 1.165) is 11.1 Å². The first-order chi connectivity index (χ1) is 7.13. The van der Waals surface area contributed by atoms with E-state index in [2.05, 4.69) is 6.58 Å². The van der Waals surface area contributed by atoms with Crippen molar-refractivity contribution in [1.82, 2.24) is 0 Å². The molecule has 1 aromatic rings. The van der Waals surface area contributed by atoms with Crippen molar-refractivity contribution in [1.29, 1.82) is 0 Å². The molecule has 0 saturated carbocycles. The number of hydrogen-bond donors (Lipinski definition) is 1. The first-order valence-corrected chi connectivity index (χ1v) is 5.17. The van der Waals surface area contributed by atoms with Crippen molar-refractivity contribution < 1.29 is 9.84 Å². The molecule has 0 heterocycles. The lowest BCUT2D eigenvalue weighted by Gasteiger charge is -2.08. The third-order valence-electron chi connectivity index (χ3n) is 1.87. The molecule has 3 heteroatoms. The maximum atomic E-state index is 8.77. The molecule has 0 aliphatic carbocycles. The predicted octanol–water partition coefficient (Wildman–Crippen LogP) is 2.83. The SMILES string of the molecule is C=C(C)COc1ccc(CCO)cc1Cl. The number of aliphatic hydroxyl groups is 1. The lowest BCUT2D eigenvalue weighted by Crippen LogP contribution is -1.99. The molecule has 2 nitrogen and oxygen atoms in total. The van der Waals surface area contributed by atoms with Crippen molar-refractivity contribution in [3.63, 3.8) is 0 Å². The largest absolute Gasteiger partial charge is 0.488 e. The van der Waals surface area contributed by atoms with Crippen LogP contribution in [-0.2, 0) is 6.42 Å². The van der Waals surface area contributed by atoms with Crippen molar-refractivity contribution in [2.45, 2.75) is 13.3 Å². The molecule has 15 heavy (non-hydrogen) atoms. The van der Waals surface area contributed by atoms with Crippen LogP contribution in [0.5, 0.6) is 5.75 Å². The maximum Gasteiger partial charge on any atom is 0.138 e. The van der Waals surface area contributed by atoms with E-state index in [1.54, 1.807) is 0 Å². The highest BCUT2D eigenvalue weighted by Gasteiger charge is 2.02. The Morgan fingerprint density at radius 2 is 2.27 bits per heavy atom. The summed E-state index contributed by atoms with van der Waals surface area (Å²) >= 11 is 6.01. The van der Waals surface area contributed by atoms with Gasteiger partial charge >= 0.3 is 0 Å². The highest BCUT2D eigenvalue weighted by molar-refractivity contribution is 6.32. The molecule has 0 aromatic heterocycles. The van der Waals surface area contributed by atoms with Crippen molar-refractivity contribution >= 4 is 11.6 Å². The van der Waals surface area contributed by atoms with Gasteiger partial charge in [0.1, 0.15) is 12.4 Å². The first kappa shape index (κ1) is 12.1. The molecule has 1 N–H and O–H groups in total. The first-order valence-electron chi connectivity index (χ1n) is 4.80. The Labute approximate surface area is 95.1 Å². The summed E-state index contributed by atoms with van der Waals surface area (Å²) in [7, 11) is 0. The van der Waals surface area contributed by atoms with Crippen LogP contribution in [0.1, 0.15) is 12.5 Å². The van der Waals surface area contributed by atoms with Crippen LogP contribution in [0.4, 0.5) is 0 Å². The van der Waals surface area contributed by atoms with E-state index in [9.17, 15) is 0 Å². The van der Waals surface area contributed by atoms with Crippen LogP contribution in [0.3, 0.4) is 0 Å². The Balaban J connectivity index is 2.70. The summed E-state index contributed by atoms with van der Waals surface area (Å²) in [6.45, 7) is 6.24. The maximum absolute atomic E-state index is 8.77. The molecule has 1 rings (SSSR count). The molecule has 0 saturated heterocycles. The van der Waals surface area contributed by atoms with E-state index in [1.807, 2.05) is 25.1 Å². The molecule has 0 bridgehead atoms. The molecule has 0 atom stereocenters. The zero-order chi connectivity index (χ0) is 11.3. The molecule has 82 valence electrons. The van der Waals surface area contributed by atoms with Crippen LogP contribution < -0.4 is 4.74 Å². The smallest absolute Gasteiger partial charge is 0.138 e. The Morgan fingerprint density at radius 3 is 2.80 bits per heavy atom. The molecular formula is C12H15ClO2. The second kappa shape index (κ2) is 5.79. The van der Waals surface area contributed by atoms with E-state index in [4.69, 9.17) is 21.4 Å². The average Bonchev–Trinajstić information content (AvgIpc) is 2.17. The zero-order valence-electron chi connectivity index (χ0n) is 8.79. The quantitative estimate of drug-likeness (QED) is 0.783. The van der Waals surface area contributed by atoms with Gasteiger partial charge in [0.05, 0.1) is 5.02 Å². The fourth-order valence-corrected chi connectivity index (χ4v) is 1.40. The molecule has 0 unspecified atom stereocenters. The van der Waals surface area contributed by atoms with Crippen molar-refractivity contribution in [2.24, 2.45) is 0 Å². The average molecular weight is 227 g/mol. The summed E-state index contributed by atoms with van der Waals surface area (Å²) in [5, 5.41) is 9.34. The minimum atomic E-state index is 0.127. The fraction of sp³-hybridized carbons (Fsp3) is 0.333. The van der Waals surface area contributed by atoms with Gasteiger partial charge in [-0.05, 0) is 36.6 Å². The number of rotatable bonds is 5. The Hall–Kier alpha value is -0.990. The summed E-state index contributed by atoms with van der Waals surface area (Å²) in [6, 6.07) is 5.53. The van der Waals surface area contributed by atoms with Gasteiger partial charge in [0.25, 0.3) is 0 Å². The zero-order valence-corrected chi connectivity index (χ0v) is 9.55. The van der Waals surface area contributed by atoms with Gasteiger partial charge in [0, 0.05) is 6.61 Å². The van der Waals surface area contributed by atoms with Crippen molar-refractivity contribution in [3.8, 4) is 5.75 Å². The van der Waals surface area contributed by atoms with Gasteiger partial charge in [-0.3, -0.25) is 0 Å². The third kappa shape index (κ3) is 3.94. The Bertz CT molecular complexity index is 347. The summed E-state index contributed by atoms with van der Waals surface area (Å²) in [5.41, 5.74) is 1.95. The van der Waals surface area contributed by atoms with E-state index in [-0.39, 0.29) is 6.61 Å². The third-order valence-corrected chi connectivity index (χ3v) is 2.17. The number of aliphatic hydroxyl groups excluding tert-OH is 1. The van der Waals surface area contributed by atoms with Gasteiger partial charge in [-0.25, -0.2) is 0 Å². The molecular weight excluding hydrogens is 212 g/mol. The van der Waals surface area contributed by atoms with Gasteiger partial charge < -0.3 is 9.84 Å². The molecule has 0 spiro atoms. The van der Waals surface area contributed by atoms with Crippen LogP contribution in [0.15, 0.2) is 30.4 Å². The van der Waals surface area contributed by atoms with Crippen molar-refractivity contribution in [3.05, 3.63) is 40.9 Å². The van der Waals surface area contributed by atoms with E-state index in [0.29, 0.717) is 23.8 Å². The summed E-state index contributed by atoms with van der Waals surface area (Å²) in [6.07, 6.45) is 0.612. The Morgan fingerprint density at radius 1 is 1.53 bits per heavy atom. The normalized spacial score (nSPS) is 10.1. The molecule has 1 aromatic carbocycles. The Kier molecular flexibility index (Phi) is 4.66. The second-order valence-electron chi connectivity index (χ2n) is 3.48. The minimum Gasteiger partial charge on any atom is -0.488 e. The number of halogens is 1. The van der Waals surface area contributed by atoms with Gasteiger partial charge in [0.15, 0.2) is 0 Å². The molecule has 0 aliphatic heterocycles. The van der Waals surface area contributed by atoms with Crippen LogP contribution >= 0.6 is 11.6 Å². The lowest BCUT2D eigenvalue weighted by atomic mass is 10.1. The van der Waals surface area contributed by atoms with E-state index >= 15 is 0 Å². The number of benzene rings is 1. The second-order valence-corrected chi connectivity index (χ2v) is 3.89. The molecule has 0 amide bonds. The highest BCUT2D eigenvalue weighted by atomic mass is 35.5. The van der Waals surface area contributed by atoms with Crippen LogP contribution in [-0.4, -0.2) is 18.3 Å². The van der Waals surface area contributed by atoms with Gasteiger partial charge in [-0.1, -0.05) is 24.2 Å². The predicted molar refractivity (Wildman–Crippen MR) is 62.6 cm³/mol. The van der Waals surface area contributed by atoms with E-state index < -0.39 is 0 Å². The van der Waals surface area contributed by atoms with Crippen LogP contribution in [0.2, 0.25) is 5.02 Å². The van der Waals surface area contributed by atoms with E-state index in [1.165, 1.54) is 0 Å². The summed E-state index contributed by atoms with van der Waals surface area (Å²) < 4.78 is 5.44. The number of hydrogen-bond acceptors (Lipinski definition) is 2. The monoisotopic (exact) mass is 226 g/mol. The van der Waals surface area contributed by atoms with Crippen LogP contribution in [0, 0.1) is 0 Å². The highest BCUT2D eigenvalue weighted by Crippen LogP contribution is 2.25. The summed E-state index contributed by atoms with van der Waals surface area (Å²) in [4.78, 5) is 0. The topological polar surface area (TPSA) is 29.5 Å². The van der Waals surface area contributed by atoms with Gasteiger partial charge in [-0.2, -0.15) is 0 Å². The molecule has 0 radical (unpaired) electrons. The van der Waals surface area contributed by atoms with Crippen molar-refractivity contribution in [2.75, 3.05) is 13.2 Å². The molecule has 0 aliphatic rings. The fourth-order valence-electron chi connectivity index (χ4n) is 1.15. The van der Waals surface area contributed by atoms with Crippen LogP contribution in [0.25, 0.3) is 0 Å². The standard InChI is InChI=1S/C12H15ClO2/c1-9(2)8-15-12-4-3-10(5-6-14)7-11(12)13/h3-4,7,14H,1,5-6,8H2,2H3.